The fourth-order valence-electron chi connectivity index (χ4n) is 7.71. The number of hydrogen-bond acceptors (Lipinski definition) is 3. The molecule has 0 aromatic heterocycles. The van der Waals surface area contributed by atoms with Crippen molar-refractivity contribution in [2.75, 3.05) is 0 Å². The van der Waals surface area contributed by atoms with Crippen molar-refractivity contribution in [1.82, 2.24) is 0 Å². The summed E-state index contributed by atoms with van der Waals surface area (Å²) in [5.41, 5.74) is 7.47. The van der Waals surface area contributed by atoms with Crippen LogP contribution in [0.3, 0.4) is 0 Å². The van der Waals surface area contributed by atoms with Gasteiger partial charge in [0.25, 0.3) is 0 Å². The number of ketones is 3. The Labute approximate surface area is 250 Å². The zero-order chi connectivity index (χ0) is 29.9. The number of hydrogen-bond donors (Lipinski definition) is 0. The predicted octanol–water partition coefficient (Wildman–Crippen LogP) is 10.2. The molecule has 0 radical (unpaired) electrons. The van der Waals surface area contributed by atoms with Crippen molar-refractivity contribution in [3.63, 3.8) is 0 Å². The molecule has 3 aliphatic carbocycles. The van der Waals surface area contributed by atoms with Gasteiger partial charge < -0.3 is 0 Å². The molecule has 0 saturated heterocycles. The molecule has 3 nitrogen and oxygen atoms in total. The molecular weight excluding hydrogens is 504 g/mol. The van der Waals surface area contributed by atoms with Gasteiger partial charge in [0.05, 0.1) is 6.42 Å². The molecule has 0 heterocycles. The van der Waals surface area contributed by atoms with Crippen molar-refractivity contribution in [1.29, 1.82) is 0 Å². The van der Waals surface area contributed by atoms with Crippen LogP contribution in [-0.2, 0) is 16.0 Å². The number of aryl methyl sites for hydroxylation is 1. The first-order valence-electron chi connectivity index (χ1n) is 16.8. The summed E-state index contributed by atoms with van der Waals surface area (Å²) in [4.78, 5) is 38.2. The summed E-state index contributed by atoms with van der Waals surface area (Å²) in [6, 6.07) is 4.39. The Balaban J connectivity index is 0.00000147. The lowest BCUT2D eigenvalue weighted by Gasteiger charge is -2.32. The highest BCUT2D eigenvalue weighted by atomic mass is 16.1. The molecule has 3 heteroatoms. The maximum atomic E-state index is 13.5. The predicted molar refractivity (Wildman–Crippen MR) is 172 cm³/mol. The number of benzene rings is 1. The number of carbonyl (C=O) groups excluding carboxylic acids is 3. The van der Waals surface area contributed by atoms with Gasteiger partial charge in [-0.25, -0.2) is 0 Å². The van der Waals surface area contributed by atoms with Gasteiger partial charge in [0.1, 0.15) is 11.6 Å². The zero-order valence-corrected chi connectivity index (χ0v) is 27.0. The standard InChI is InChI=1S/C35H48O3.C3H8/c1-5-10-28(30(6-2)33(37)17-24(4)36)20-27-21-32-31(16-13-23(3)35(32)34(38)22-27)29-15-14-26(19-29)18-25-11-8-7-9-12-25;1-3-2/h13-16,25,27-28,30H,5-12,17-22H2,1-4H3;3H2,1-2H3. The van der Waals surface area contributed by atoms with E-state index in [0.29, 0.717) is 6.42 Å². The lowest BCUT2D eigenvalue weighted by molar-refractivity contribution is -0.129. The monoisotopic (exact) mass is 560 g/mol. The van der Waals surface area contributed by atoms with Gasteiger partial charge in [-0.2, -0.15) is 0 Å². The van der Waals surface area contributed by atoms with Crippen LogP contribution in [0.4, 0.5) is 0 Å². The minimum atomic E-state index is -0.0867. The van der Waals surface area contributed by atoms with Crippen LogP contribution < -0.4 is 0 Å². The van der Waals surface area contributed by atoms with Gasteiger partial charge in [-0.15, -0.1) is 0 Å². The van der Waals surface area contributed by atoms with E-state index in [4.69, 9.17) is 0 Å². The minimum absolute atomic E-state index is 0.0405. The summed E-state index contributed by atoms with van der Waals surface area (Å²) in [7, 11) is 0. The highest BCUT2D eigenvalue weighted by Crippen LogP contribution is 2.42. The number of carbonyl (C=O) groups is 3. The molecule has 1 saturated carbocycles. The van der Waals surface area contributed by atoms with Gasteiger partial charge >= 0.3 is 0 Å². The lowest BCUT2D eigenvalue weighted by atomic mass is 9.71. The third-order valence-electron chi connectivity index (χ3n) is 9.47. The maximum absolute atomic E-state index is 13.5. The first kappa shape index (κ1) is 33.2. The highest BCUT2D eigenvalue weighted by Gasteiger charge is 2.34. The van der Waals surface area contributed by atoms with Crippen LogP contribution in [0.15, 0.2) is 29.9 Å². The van der Waals surface area contributed by atoms with E-state index < -0.39 is 0 Å². The van der Waals surface area contributed by atoms with Gasteiger partial charge in [0.15, 0.2) is 5.78 Å². The lowest BCUT2D eigenvalue weighted by Crippen LogP contribution is -2.30. The van der Waals surface area contributed by atoms with Gasteiger partial charge in [0, 0.05) is 17.9 Å². The van der Waals surface area contributed by atoms with Crippen molar-refractivity contribution in [2.45, 2.75) is 138 Å². The molecule has 3 aliphatic rings. The molecular formula is C38H56O3. The SMILES string of the molecule is CCC.CCCC(CC1CC(=O)c2c(C)ccc(C3=CC=C(CC4CCCCC4)C3)c2C1)C(CC)C(=O)CC(C)=O. The summed E-state index contributed by atoms with van der Waals surface area (Å²) < 4.78 is 0. The first-order chi connectivity index (χ1) is 19.7. The number of Topliss-reactive ketones (excluding diaryl/α,β-unsaturated/α-hetero) is 3. The van der Waals surface area contributed by atoms with E-state index in [2.05, 4.69) is 58.9 Å². The average Bonchev–Trinajstić information content (AvgIpc) is 3.38. The van der Waals surface area contributed by atoms with Crippen molar-refractivity contribution in [2.24, 2.45) is 23.7 Å². The minimum Gasteiger partial charge on any atom is -0.300 e. The van der Waals surface area contributed by atoms with Crippen LogP contribution in [0.2, 0.25) is 0 Å². The number of fused-ring (bicyclic) bond motifs is 1. The molecule has 0 bridgehead atoms. The van der Waals surface area contributed by atoms with Crippen LogP contribution in [0.1, 0.15) is 152 Å². The maximum Gasteiger partial charge on any atom is 0.163 e. The number of allylic oxidation sites excluding steroid dienone is 4. The molecule has 0 spiro atoms. The van der Waals surface area contributed by atoms with E-state index in [1.54, 1.807) is 5.57 Å². The van der Waals surface area contributed by atoms with Crippen LogP contribution >= 0.6 is 0 Å². The van der Waals surface area contributed by atoms with Crippen molar-refractivity contribution < 1.29 is 14.4 Å². The normalized spacial score (nSPS) is 20.3. The molecule has 226 valence electrons. The second-order valence-electron chi connectivity index (χ2n) is 13.2. The fraction of sp³-hybridized carbons (Fsp3) is 0.658. The molecule has 0 N–H and O–H groups in total. The second kappa shape index (κ2) is 16.4. The van der Waals surface area contributed by atoms with E-state index in [1.165, 1.54) is 68.6 Å². The Morgan fingerprint density at radius 2 is 1.66 bits per heavy atom. The zero-order valence-electron chi connectivity index (χ0n) is 27.0. The quantitative estimate of drug-likeness (QED) is 0.239. The van der Waals surface area contributed by atoms with Gasteiger partial charge in [-0.1, -0.05) is 109 Å². The van der Waals surface area contributed by atoms with Crippen LogP contribution in [0.5, 0.6) is 0 Å². The van der Waals surface area contributed by atoms with Gasteiger partial charge in [0.2, 0.25) is 0 Å². The Morgan fingerprint density at radius 3 is 2.29 bits per heavy atom. The molecule has 41 heavy (non-hydrogen) atoms. The van der Waals surface area contributed by atoms with Gasteiger partial charge in [-0.3, -0.25) is 14.4 Å². The molecule has 4 rings (SSSR count). The Morgan fingerprint density at radius 1 is 0.951 bits per heavy atom. The summed E-state index contributed by atoms with van der Waals surface area (Å²) in [6.07, 6.45) is 20.2. The van der Waals surface area contributed by atoms with Crippen LogP contribution in [0.25, 0.3) is 5.57 Å². The van der Waals surface area contributed by atoms with Crippen molar-refractivity contribution in [3.05, 3.63) is 52.1 Å². The topological polar surface area (TPSA) is 51.2 Å². The second-order valence-corrected chi connectivity index (χ2v) is 13.2. The fourth-order valence-corrected chi connectivity index (χ4v) is 7.71. The summed E-state index contributed by atoms with van der Waals surface area (Å²) in [5, 5.41) is 0. The largest absolute Gasteiger partial charge is 0.300 e. The van der Waals surface area contributed by atoms with E-state index in [0.717, 1.165) is 55.6 Å². The Kier molecular flexibility index (Phi) is 13.3. The third kappa shape index (κ3) is 9.10. The number of rotatable bonds is 12. The smallest absolute Gasteiger partial charge is 0.163 e. The van der Waals surface area contributed by atoms with Crippen LogP contribution in [-0.4, -0.2) is 17.3 Å². The highest BCUT2D eigenvalue weighted by molar-refractivity contribution is 6.01. The van der Waals surface area contributed by atoms with E-state index >= 15 is 0 Å². The van der Waals surface area contributed by atoms with E-state index in [-0.39, 0.29) is 41.5 Å². The Bertz CT molecular complexity index is 1110. The van der Waals surface area contributed by atoms with E-state index in [9.17, 15) is 14.4 Å². The Hall–Kier alpha value is -2.29. The van der Waals surface area contributed by atoms with Crippen molar-refractivity contribution >= 4 is 22.9 Å². The summed E-state index contributed by atoms with van der Waals surface area (Å²) in [5.74, 6) is 1.55. The summed E-state index contributed by atoms with van der Waals surface area (Å²) in [6.45, 7) is 12.1. The molecule has 0 aliphatic heterocycles. The molecule has 1 aromatic rings. The summed E-state index contributed by atoms with van der Waals surface area (Å²) >= 11 is 0. The average molecular weight is 561 g/mol. The molecule has 0 amide bonds. The molecule has 3 unspecified atom stereocenters. The molecule has 1 fully saturated rings. The molecule has 1 aromatic carbocycles. The van der Waals surface area contributed by atoms with Crippen LogP contribution in [0, 0.1) is 30.6 Å². The third-order valence-corrected chi connectivity index (χ3v) is 9.47. The first-order valence-corrected chi connectivity index (χ1v) is 16.8. The molecule has 3 atom stereocenters. The van der Waals surface area contributed by atoms with Crippen molar-refractivity contribution in [3.8, 4) is 0 Å². The van der Waals surface area contributed by atoms with E-state index in [1.807, 2.05) is 0 Å². The van der Waals surface area contributed by atoms with Gasteiger partial charge in [-0.05, 0) is 86.0 Å².